The molecule has 0 spiro atoms. The van der Waals surface area contributed by atoms with Gasteiger partial charge in [0, 0.05) is 5.92 Å². The van der Waals surface area contributed by atoms with Crippen LogP contribution >= 0.6 is 0 Å². The van der Waals surface area contributed by atoms with Gasteiger partial charge in [0.25, 0.3) is 0 Å². The molecule has 1 heteroatoms. The highest BCUT2D eigenvalue weighted by atomic mass is 19.1. The van der Waals surface area contributed by atoms with E-state index >= 15 is 0 Å². The van der Waals surface area contributed by atoms with Crippen molar-refractivity contribution in [3.05, 3.63) is 156 Å². The van der Waals surface area contributed by atoms with Gasteiger partial charge < -0.3 is 0 Å². The largest absolute Gasteiger partial charge is 0.207 e. The fourth-order valence-electron chi connectivity index (χ4n) is 7.42. The summed E-state index contributed by atoms with van der Waals surface area (Å²) in [7, 11) is 0. The Morgan fingerprint density at radius 1 is 0.450 bits per heavy atom. The second-order valence-electron chi connectivity index (χ2n) is 10.9. The molecular weight excluding hydrogens is 487 g/mol. The number of rotatable bonds is 1. The molecule has 0 heterocycles. The minimum Gasteiger partial charge on any atom is -0.207 e. The number of hydrogen-bond donors (Lipinski definition) is 0. The van der Waals surface area contributed by atoms with E-state index in [0.29, 0.717) is 0 Å². The predicted molar refractivity (Wildman–Crippen MR) is 167 cm³/mol. The molecule has 0 amide bonds. The van der Waals surface area contributed by atoms with Crippen LogP contribution in [0.2, 0.25) is 0 Å². The van der Waals surface area contributed by atoms with Crippen molar-refractivity contribution < 1.29 is 4.39 Å². The molecule has 0 bridgehead atoms. The molecular formula is C39H23F. The van der Waals surface area contributed by atoms with Gasteiger partial charge in [-0.3, -0.25) is 0 Å². The highest BCUT2D eigenvalue weighted by molar-refractivity contribution is 6.39. The molecule has 0 aromatic heterocycles. The summed E-state index contributed by atoms with van der Waals surface area (Å²) in [6.07, 6.45) is 0. The Bertz CT molecular complexity index is 2330. The molecule has 0 saturated carbocycles. The quantitative estimate of drug-likeness (QED) is 0.193. The second-order valence-corrected chi connectivity index (χ2v) is 10.9. The summed E-state index contributed by atoms with van der Waals surface area (Å²) in [5.41, 5.74) is 6.61. The minimum absolute atomic E-state index is 0.140. The molecule has 186 valence electrons. The van der Waals surface area contributed by atoms with Crippen LogP contribution in [-0.2, 0) is 0 Å². The van der Waals surface area contributed by atoms with Crippen LogP contribution in [0.5, 0.6) is 0 Å². The van der Waals surface area contributed by atoms with E-state index in [9.17, 15) is 4.39 Å². The van der Waals surface area contributed by atoms with Crippen LogP contribution in [-0.4, -0.2) is 0 Å². The lowest BCUT2D eigenvalue weighted by atomic mass is 9.81. The molecule has 9 rings (SSSR count). The monoisotopic (exact) mass is 510 g/mol. The third-order valence-electron chi connectivity index (χ3n) is 8.94. The summed E-state index contributed by atoms with van der Waals surface area (Å²) in [5.74, 6) is -0.0672. The van der Waals surface area contributed by atoms with E-state index in [4.69, 9.17) is 0 Å². The van der Waals surface area contributed by atoms with Crippen LogP contribution in [0.1, 0.15) is 22.6 Å². The summed E-state index contributed by atoms with van der Waals surface area (Å²) < 4.78 is 14.8. The van der Waals surface area contributed by atoms with Crippen molar-refractivity contribution in [2.45, 2.75) is 5.92 Å². The summed E-state index contributed by atoms with van der Waals surface area (Å²) in [4.78, 5) is 0. The molecule has 0 nitrogen and oxygen atoms in total. The number of halogens is 1. The molecule has 1 aliphatic rings. The van der Waals surface area contributed by atoms with Crippen molar-refractivity contribution in [2.75, 3.05) is 0 Å². The van der Waals surface area contributed by atoms with E-state index in [1.54, 1.807) is 12.1 Å². The number of hydrogen-bond acceptors (Lipinski definition) is 0. The zero-order chi connectivity index (χ0) is 26.4. The first kappa shape index (κ1) is 21.9. The van der Waals surface area contributed by atoms with Crippen LogP contribution in [0.15, 0.2) is 133 Å². The Hall–Kier alpha value is -5.01. The first-order valence-electron chi connectivity index (χ1n) is 13.8. The fourth-order valence-corrected chi connectivity index (χ4v) is 7.42. The van der Waals surface area contributed by atoms with E-state index in [2.05, 4.69) is 115 Å². The molecule has 0 aliphatic heterocycles. The standard InChI is InChI=1S/C39H23F/c40-25-20-18-23-19-21-32-26-12-4-5-13-27(26)38-37(35(32)33(23)22-25)31-17-9-8-16-30(31)36-34(24-10-2-1-3-11-24)28-14-6-7-15-29(28)39(36)38/h1-22,34H. The van der Waals surface area contributed by atoms with Crippen LogP contribution in [0, 0.1) is 5.82 Å². The van der Waals surface area contributed by atoms with Gasteiger partial charge in [0.1, 0.15) is 5.82 Å². The van der Waals surface area contributed by atoms with E-state index in [0.717, 1.165) is 21.5 Å². The lowest BCUT2D eigenvalue weighted by Crippen LogP contribution is -2.00. The summed E-state index contributed by atoms with van der Waals surface area (Å²) in [5, 5.41) is 11.7. The first-order valence-corrected chi connectivity index (χ1v) is 13.8. The predicted octanol–water partition coefficient (Wildman–Crippen LogP) is 10.8. The Morgan fingerprint density at radius 2 is 1.07 bits per heavy atom. The van der Waals surface area contributed by atoms with E-state index < -0.39 is 0 Å². The van der Waals surface area contributed by atoms with Crippen molar-refractivity contribution in [1.29, 1.82) is 0 Å². The summed E-state index contributed by atoms with van der Waals surface area (Å²) in [6.45, 7) is 0. The van der Waals surface area contributed by atoms with Gasteiger partial charge in [-0.25, -0.2) is 4.39 Å². The van der Waals surface area contributed by atoms with Crippen LogP contribution in [0.3, 0.4) is 0 Å². The molecule has 1 aliphatic carbocycles. The van der Waals surface area contributed by atoms with Crippen molar-refractivity contribution in [1.82, 2.24) is 0 Å². The molecule has 8 aromatic carbocycles. The maximum Gasteiger partial charge on any atom is 0.123 e. The zero-order valence-electron chi connectivity index (χ0n) is 21.7. The number of fused-ring (bicyclic) bond motifs is 15. The molecule has 0 fully saturated rings. The Balaban J connectivity index is 1.64. The highest BCUT2D eigenvalue weighted by Crippen LogP contribution is 2.56. The lowest BCUT2D eigenvalue weighted by Gasteiger charge is -2.21. The van der Waals surface area contributed by atoms with Gasteiger partial charge in [0.2, 0.25) is 0 Å². The zero-order valence-corrected chi connectivity index (χ0v) is 21.7. The number of benzene rings is 8. The van der Waals surface area contributed by atoms with Crippen molar-refractivity contribution >= 4 is 53.9 Å². The van der Waals surface area contributed by atoms with Crippen molar-refractivity contribution in [2.24, 2.45) is 0 Å². The normalized spacial score (nSPS) is 14.4. The van der Waals surface area contributed by atoms with E-state index in [1.807, 2.05) is 6.07 Å². The minimum atomic E-state index is -0.207. The lowest BCUT2D eigenvalue weighted by molar-refractivity contribution is 0.630. The molecule has 0 N–H and O–H groups in total. The summed E-state index contributed by atoms with van der Waals surface area (Å²) in [6, 6.07) is 46.9. The van der Waals surface area contributed by atoms with Gasteiger partial charge in [-0.1, -0.05) is 121 Å². The average Bonchev–Trinajstić information content (AvgIpc) is 3.36. The third kappa shape index (κ3) is 2.79. The third-order valence-corrected chi connectivity index (χ3v) is 8.94. The van der Waals surface area contributed by atoms with Gasteiger partial charge in [-0.05, 0) is 93.8 Å². The first-order chi connectivity index (χ1) is 19.8. The Morgan fingerprint density at radius 3 is 1.90 bits per heavy atom. The molecule has 0 saturated heterocycles. The SMILES string of the molecule is Fc1ccc2ccc3c4ccccc4c4c5c(c6ccccc6c4c3c2c1)C(c1ccccc1)c1ccccc1-5. The van der Waals surface area contributed by atoms with Crippen LogP contribution < -0.4 is 0 Å². The van der Waals surface area contributed by atoms with Crippen LogP contribution in [0.25, 0.3) is 65.0 Å². The van der Waals surface area contributed by atoms with Crippen LogP contribution in [0.4, 0.5) is 4.39 Å². The smallest absolute Gasteiger partial charge is 0.123 e. The molecule has 0 radical (unpaired) electrons. The topological polar surface area (TPSA) is 0 Å². The van der Waals surface area contributed by atoms with E-state index in [-0.39, 0.29) is 11.7 Å². The molecule has 40 heavy (non-hydrogen) atoms. The highest BCUT2D eigenvalue weighted by Gasteiger charge is 2.34. The van der Waals surface area contributed by atoms with Gasteiger partial charge >= 0.3 is 0 Å². The maximum atomic E-state index is 14.8. The summed E-state index contributed by atoms with van der Waals surface area (Å²) >= 11 is 0. The average molecular weight is 511 g/mol. The molecule has 1 unspecified atom stereocenters. The fraction of sp³-hybridized carbons (Fsp3) is 0.0256. The Labute approximate surface area is 230 Å². The van der Waals surface area contributed by atoms with Crippen molar-refractivity contribution in [3.8, 4) is 11.1 Å². The van der Waals surface area contributed by atoms with Gasteiger partial charge in [-0.15, -0.1) is 0 Å². The molecule has 1 atom stereocenters. The maximum absolute atomic E-state index is 14.8. The van der Waals surface area contributed by atoms with E-state index in [1.165, 1.54) is 60.1 Å². The van der Waals surface area contributed by atoms with Gasteiger partial charge in [-0.2, -0.15) is 0 Å². The van der Waals surface area contributed by atoms with Gasteiger partial charge in [0.15, 0.2) is 0 Å². The van der Waals surface area contributed by atoms with Crippen molar-refractivity contribution in [3.63, 3.8) is 0 Å². The molecule has 8 aromatic rings. The Kier molecular flexibility index (Phi) is 4.38. The van der Waals surface area contributed by atoms with Gasteiger partial charge in [0.05, 0.1) is 0 Å². The second kappa shape index (κ2) is 8.00.